The molecule has 0 bridgehead atoms. The molecule has 0 saturated carbocycles. The van der Waals surface area contributed by atoms with Crippen molar-refractivity contribution in [2.24, 2.45) is 0 Å². The standard InChI is InChI=1S/C13H30O2Si2/c1-7-14-17(12-6,15-8-2)13-16(9-3,10-4)11-5/h9H,3,7-8,10-13H2,1-2,4-6H3. The minimum Gasteiger partial charge on any atom is -0.395 e. The SMILES string of the molecule is C=C[Si](CC)(CC)C[Si](CC)(OCC)OCC. The lowest BCUT2D eigenvalue weighted by Gasteiger charge is -2.36. The van der Waals surface area contributed by atoms with E-state index in [0.29, 0.717) is 0 Å². The highest BCUT2D eigenvalue weighted by Gasteiger charge is 2.43. The molecule has 0 spiro atoms. The maximum Gasteiger partial charge on any atom is 0.335 e. The average molecular weight is 275 g/mol. The van der Waals surface area contributed by atoms with Gasteiger partial charge in [-0.15, -0.1) is 12.3 Å². The van der Waals surface area contributed by atoms with E-state index < -0.39 is 16.6 Å². The van der Waals surface area contributed by atoms with Gasteiger partial charge in [-0.1, -0.05) is 32.9 Å². The van der Waals surface area contributed by atoms with Gasteiger partial charge in [-0.05, 0) is 25.6 Å². The fourth-order valence-corrected chi connectivity index (χ4v) is 13.7. The number of rotatable bonds is 10. The van der Waals surface area contributed by atoms with Crippen LogP contribution in [0.25, 0.3) is 0 Å². The highest BCUT2D eigenvalue weighted by Crippen LogP contribution is 2.31. The number of hydrogen-bond donors (Lipinski definition) is 0. The summed E-state index contributed by atoms with van der Waals surface area (Å²) in [6.07, 6.45) is 0. The molecule has 0 aromatic rings. The number of hydrogen-bond acceptors (Lipinski definition) is 2. The van der Waals surface area contributed by atoms with Crippen LogP contribution in [-0.2, 0) is 8.85 Å². The first-order valence-electron chi connectivity index (χ1n) is 6.99. The fraction of sp³-hybridized carbons (Fsp3) is 0.846. The summed E-state index contributed by atoms with van der Waals surface area (Å²) in [6, 6.07) is 3.56. The Balaban J connectivity index is 4.97. The zero-order valence-corrected chi connectivity index (χ0v) is 14.3. The first-order chi connectivity index (χ1) is 8.07. The van der Waals surface area contributed by atoms with Crippen molar-refractivity contribution in [1.29, 1.82) is 0 Å². The molecule has 0 aliphatic heterocycles. The van der Waals surface area contributed by atoms with Crippen molar-refractivity contribution in [3.05, 3.63) is 12.3 Å². The molecule has 2 nitrogen and oxygen atoms in total. The van der Waals surface area contributed by atoms with E-state index in [9.17, 15) is 0 Å². The van der Waals surface area contributed by atoms with E-state index >= 15 is 0 Å². The Labute approximate surface area is 110 Å². The van der Waals surface area contributed by atoms with Crippen LogP contribution in [0.3, 0.4) is 0 Å². The Kier molecular flexibility index (Phi) is 8.29. The van der Waals surface area contributed by atoms with Crippen molar-refractivity contribution in [3.8, 4) is 0 Å². The second-order valence-electron chi connectivity index (χ2n) is 4.58. The Morgan fingerprint density at radius 1 is 0.882 bits per heavy atom. The van der Waals surface area contributed by atoms with E-state index in [0.717, 1.165) is 19.3 Å². The quantitative estimate of drug-likeness (QED) is 0.554. The van der Waals surface area contributed by atoms with Crippen LogP contribution in [0.5, 0.6) is 0 Å². The maximum absolute atomic E-state index is 6.08. The topological polar surface area (TPSA) is 18.5 Å². The predicted molar refractivity (Wildman–Crippen MR) is 81.2 cm³/mol. The summed E-state index contributed by atoms with van der Waals surface area (Å²) in [5.41, 5.74) is 3.43. The molecule has 0 aliphatic carbocycles. The molecule has 0 heterocycles. The summed E-state index contributed by atoms with van der Waals surface area (Å²) in [5.74, 6) is 0. The molecule has 0 aromatic carbocycles. The van der Waals surface area contributed by atoms with Crippen molar-refractivity contribution in [1.82, 2.24) is 0 Å². The molecule has 0 unspecified atom stereocenters. The molecule has 0 N–H and O–H groups in total. The average Bonchev–Trinajstić information content (AvgIpc) is 2.36. The Hall–Kier alpha value is 0.0938. The normalized spacial score (nSPS) is 12.8. The summed E-state index contributed by atoms with van der Waals surface area (Å²) < 4.78 is 12.2. The molecule has 0 aliphatic rings. The first kappa shape index (κ1) is 17.1. The third-order valence-corrected chi connectivity index (χ3v) is 15.2. The van der Waals surface area contributed by atoms with E-state index in [1.54, 1.807) is 0 Å². The maximum atomic E-state index is 6.08. The molecule has 102 valence electrons. The van der Waals surface area contributed by atoms with Gasteiger partial charge in [0.2, 0.25) is 0 Å². The van der Waals surface area contributed by atoms with Crippen molar-refractivity contribution in [3.63, 3.8) is 0 Å². The molecule has 0 atom stereocenters. The van der Waals surface area contributed by atoms with Crippen LogP contribution in [0.1, 0.15) is 34.6 Å². The van der Waals surface area contributed by atoms with Crippen LogP contribution in [0.2, 0.25) is 23.8 Å². The van der Waals surface area contributed by atoms with Crippen molar-refractivity contribution < 1.29 is 8.85 Å². The lowest BCUT2D eigenvalue weighted by Crippen LogP contribution is -2.50. The van der Waals surface area contributed by atoms with Gasteiger partial charge in [0.25, 0.3) is 0 Å². The minimum absolute atomic E-state index is 0.773. The minimum atomic E-state index is -1.98. The Morgan fingerprint density at radius 2 is 1.35 bits per heavy atom. The predicted octanol–water partition coefficient (Wildman–Crippen LogP) is 4.27. The second kappa shape index (κ2) is 8.24. The van der Waals surface area contributed by atoms with Crippen molar-refractivity contribution in [2.45, 2.75) is 58.4 Å². The van der Waals surface area contributed by atoms with Crippen molar-refractivity contribution >= 4 is 16.6 Å². The van der Waals surface area contributed by atoms with Gasteiger partial charge in [-0.2, -0.15) is 0 Å². The highest BCUT2D eigenvalue weighted by atomic mass is 28.4. The molecule has 0 amide bonds. The van der Waals surface area contributed by atoms with Crippen LogP contribution in [0.15, 0.2) is 12.3 Å². The summed E-state index contributed by atoms with van der Waals surface area (Å²) in [5, 5.41) is 0. The monoisotopic (exact) mass is 274 g/mol. The van der Waals surface area contributed by atoms with Crippen LogP contribution in [0.4, 0.5) is 0 Å². The van der Waals surface area contributed by atoms with Gasteiger partial charge in [0.15, 0.2) is 0 Å². The largest absolute Gasteiger partial charge is 0.395 e. The molecule has 0 aromatic heterocycles. The van der Waals surface area contributed by atoms with Gasteiger partial charge < -0.3 is 8.85 Å². The van der Waals surface area contributed by atoms with E-state index in [4.69, 9.17) is 8.85 Å². The zero-order chi connectivity index (χ0) is 13.4. The van der Waals surface area contributed by atoms with Crippen LogP contribution >= 0.6 is 0 Å². The molecule has 0 rings (SSSR count). The molecule has 0 fully saturated rings. The zero-order valence-electron chi connectivity index (χ0n) is 12.3. The summed E-state index contributed by atoms with van der Waals surface area (Å²) in [7, 11) is -3.35. The van der Waals surface area contributed by atoms with Crippen LogP contribution in [-0.4, -0.2) is 29.8 Å². The summed E-state index contributed by atoms with van der Waals surface area (Å²) >= 11 is 0. The van der Waals surface area contributed by atoms with Crippen LogP contribution in [0, 0.1) is 0 Å². The lowest BCUT2D eigenvalue weighted by atomic mass is 10.9. The second-order valence-corrected chi connectivity index (χ2v) is 13.6. The smallest absolute Gasteiger partial charge is 0.335 e. The fourth-order valence-electron chi connectivity index (χ4n) is 2.40. The van der Waals surface area contributed by atoms with Gasteiger partial charge in [-0.25, -0.2) is 0 Å². The molecule has 17 heavy (non-hydrogen) atoms. The molecule has 0 radical (unpaired) electrons. The highest BCUT2D eigenvalue weighted by molar-refractivity contribution is 6.95. The van der Waals surface area contributed by atoms with Crippen molar-refractivity contribution in [2.75, 3.05) is 13.2 Å². The van der Waals surface area contributed by atoms with E-state index in [-0.39, 0.29) is 0 Å². The van der Waals surface area contributed by atoms with E-state index in [1.807, 2.05) is 0 Å². The lowest BCUT2D eigenvalue weighted by molar-refractivity contribution is 0.187. The van der Waals surface area contributed by atoms with Gasteiger partial charge in [0.05, 0.1) is 8.07 Å². The van der Waals surface area contributed by atoms with Crippen LogP contribution < -0.4 is 0 Å². The first-order valence-corrected chi connectivity index (χ1v) is 11.9. The van der Waals surface area contributed by atoms with Gasteiger partial charge in [0.1, 0.15) is 0 Å². The van der Waals surface area contributed by atoms with Gasteiger partial charge in [0, 0.05) is 13.2 Å². The summed E-state index contributed by atoms with van der Waals surface area (Å²) in [6.45, 7) is 16.6. The molecular formula is C13H30O2Si2. The third-order valence-electron chi connectivity index (χ3n) is 3.82. The summed E-state index contributed by atoms with van der Waals surface area (Å²) in [4.78, 5) is 0. The van der Waals surface area contributed by atoms with E-state index in [1.165, 1.54) is 17.8 Å². The van der Waals surface area contributed by atoms with Gasteiger partial charge in [-0.3, -0.25) is 0 Å². The Morgan fingerprint density at radius 3 is 1.59 bits per heavy atom. The molecule has 0 saturated heterocycles. The van der Waals surface area contributed by atoms with E-state index in [2.05, 4.69) is 46.9 Å². The Bertz CT molecular complexity index is 209. The third kappa shape index (κ3) is 4.70. The van der Waals surface area contributed by atoms with Gasteiger partial charge >= 0.3 is 8.56 Å². The molecular weight excluding hydrogens is 244 g/mol. The molecule has 4 heteroatoms.